The van der Waals surface area contributed by atoms with E-state index in [1.165, 1.54) is 19.2 Å². The van der Waals surface area contributed by atoms with Crippen LogP contribution in [0.2, 0.25) is 0 Å². The van der Waals surface area contributed by atoms with Gasteiger partial charge in [0, 0.05) is 11.3 Å². The van der Waals surface area contributed by atoms with Crippen LogP contribution in [0.25, 0.3) is 11.1 Å². The van der Waals surface area contributed by atoms with Gasteiger partial charge in [0.15, 0.2) is 0 Å². The first-order valence-corrected chi connectivity index (χ1v) is 15.4. The predicted octanol–water partition coefficient (Wildman–Crippen LogP) is 7.22. The molecule has 1 aliphatic rings. The van der Waals surface area contributed by atoms with Crippen molar-refractivity contribution in [2.75, 3.05) is 25.5 Å². The van der Waals surface area contributed by atoms with Gasteiger partial charge in [-0.1, -0.05) is 72.8 Å². The number of alkyl halides is 3. The third-order valence-electron chi connectivity index (χ3n) is 8.51. The van der Waals surface area contributed by atoms with Crippen molar-refractivity contribution in [3.8, 4) is 11.1 Å². The molecule has 0 aliphatic carbocycles. The second-order valence-corrected chi connectivity index (χ2v) is 11.6. The molecule has 2 atom stereocenters. The number of halogens is 3. The summed E-state index contributed by atoms with van der Waals surface area (Å²) < 4.78 is 43.9. The Kier molecular flexibility index (Phi) is 10.4. The first-order chi connectivity index (χ1) is 22.5. The van der Waals surface area contributed by atoms with Crippen molar-refractivity contribution >= 4 is 23.5 Å². The van der Waals surface area contributed by atoms with Crippen LogP contribution in [0.3, 0.4) is 0 Å². The number of likely N-dealkylation sites (tertiary alicyclic amines) is 1. The van der Waals surface area contributed by atoms with Gasteiger partial charge in [-0.25, -0.2) is 4.79 Å². The Labute approximate surface area is 271 Å². The Morgan fingerprint density at radius 1 is 0.830 bits per heavy atom. The standard InChI is InChI=1S/C37H36F3N3O4/c1-24(36(46)47-2)41-35(45)33(28-8-4-3-5-9-28)43-22-20-26(21-23-43)25-14-18-30(19-15-25)42-34(44)32-11-7-6-10-31(32)27-12-16-29(17-13-27)37(38,39)40/h3-19,24,26,33H,20-23H2,1-2H3,(H,41,45)(H,42,44). The van der Waals surface area contributed by atoms with E-state index in [1.807, 2.05) is 54.6 Å². The van der Waals surface area contributed by atoms with E-state index < -0.39 is 29.8 Å². The summed E-state index contributed by atoms with van der Waals surface area (Å²) in [6.45, 7) is 2.94. The van der Waals surface area contributed by atoms with Gasteiger partial charge in [0.25, 0.3) is 5.91 Å². The number of hydrogen-bond acceptors (Lipinski definition) is 5. The molecule has 244 valence electrons. The number of carbonyl (C=O) groups excluding carboxylic acids is 3. The number of ether oxygens (including phenoxy) is 1. The summed E-state index contributed by atoms with van der Waals surface area (Å²) >= 11 is 0. The number of anilines is 1. The van der Waals surface area contributed by atoms with Crippen LogP contribution in [0.1, 0.15) is 58.8 Å². The number of methoxy groups -OCH3 is 1. The number of rotatable bonds is 9. The van der Waals surface area contributed by atoms with Gasteiger partial charge in [-0.05, 0) is 91.4 Å². The molecule has 2 N–H and O–H groups in total. The van der Waals surface area contributed by atoms with Crippen molar-refractivity contribution in [1.82, 2.24) is 10.2 Å². The lowest BCUT2D eigenvalue weighted by Gasteiger charge is -2.37. The Bertz CT molecular complexity index is 1680. The van der Waals surface area contributed by atoms with E-state index in [0.29, 0.717) is 35.5 Å². The number of hydrogen-bond donors (Lipinski definition) is 2. The molecule has 4 aromatic carbocycles. The predicted molar refractivity (Wildman–Crippen MR) is 174 cm³/mol. The fourth-order valence-electron chi connectivity index (χ4n) is 5.99. The molecule has 1 saturated heterocycles. The van der Waals surface area contributed by atoms with Gasteiger partial charge in [0.05, 0.1) is 12.7 Å². The largest absolute Gasteiger partial charge is 0.467 e. The molecule has 0 spiro atoms. The number of amides is 2. The molecule has 1 heterocycles. The molecular weight excluding hydrogens is 607 g/mol. The second-order valence-electron chi connectivity index (χ2n) is 11.6. The van der Waals surface area contributed by atoms with E-state index in [2.05, 4.69) is 15.5 Å². The highest BCUT2D eigenvalue weighted by molar-refractivity contribution is 6.08. The van der Waals surface area contributed by atoms with Gasteiger partial charge in [-0.15, -0.1) is 0 Å². The van der Waals surface area contributed by atoms with Crippen LogP contribution >= 0.6 is 0 Å². The van der Waals surface area contributed by atoms with Crippen molar-refractivity contribution in [3.05, 3.63) is 125 Å². The number of esters is 1. The fraction of sp³-hybridized carbons (Fsp3) is 0.270. The molecule has 4 aromatic rings. The van der Waals surface area contributed by atoms with Crippen LogP contribution in [-0.4, -0.2) is 48.9 Å². The molecule has 0 saturated carbocycles. The maximum atomic E-state index is 13.4. The van der Waals surface area contributed by atoms with E-state index in [4.69, 9.17) is 4.74 Å². The highest BCUT2D eigenvalue weighted by Gasteiger charge is 2.33. The molecule has 2 amide bonds. The Morgan fingerprint density at radius 3 is 2.06 bits per heavy atom. The van der Waals surface area contributed by atoms with Crippen LogP contribution in [0.5, 0.6) is 0 Å². The molecule has 10 heteroatoms. The molecule has 2 unspecified atom stereocenters. The zero-order valence-electron chi connectivity index (χ0n) is 26.1. The average molecular weight is 644 g/mol. The maximum Gasteiger partial charge on any atom is 0.416 e. The Hall–Kier alpha value is -4.96. The minimum atomic E-state index is -4.44. The van der Waals surface area contributed by atoms with E-state index >= 15 is 0 Å². The molecule has 1 aliphatic heterocycles. The number of benzene rings is 4. The summed E-state index contributed by atoms with van der Waals surface area (Å²) in [5, 5.41) is 5.70. The van der Waals surface area contributed by atoms with Gasteiger partial charge in [0.2, 0.25) is 5.91 Å². The quantitative estimate of drug-likeness (QED) is 0.188. The third kappa shape index (κ3) is 8.07. The molecule has 0 aromatic heterocycles. The minimum absolute atomic E-state index is 0.255. The average Bonchev–Trinajstić information content (AvgIpc) is 3.09. The van der Waals surface area contributed by atoms with Crippen molar-refractivity contribution in [1.29, 1.82) is 0 Å². The van der Waals surface area contributed by atoms with Crippen LogP contribution in [0.4, 0.5) is 18.9 Å². The van der Waals surface area contributed by atoms with E-state index in [-0.39, 0.29) is 17.7 Å². The number of piperidine rings is 1. The highest BCUT2D eigenvalue weighted by Crippen LogP contribution is 2.34. The van der Waals surface area contributed by atoms with Crippen molar-refractivity contribution in [2.45, 2.75) is 43.9 Å². The molecule has 47 heavy (non-hydrogen) atoms. The van der Waals surface area contributed by atoms with Gasteiger partial charge in [-0.2, -0.15) is 13.2 Å². The monoisotopic (exact) mass is 643 g/mol. The smallest absolute Gasteiger partial charge is 0.416 e. The zero-order valence-corrected chi connectivity index (χ0v) is 26.1. The minimum Gasteiger partial charge on any atom is -0.467 e. The summed E-state index contributed by atoms with van der Waals surface area (Å²) in [4.78, 5) is 40.7. The van der Waals surface area contributed by atoms with Gasteiger partial charge < -0.3 is 15.4 Å². The topological polar surface area (TPSA) is 87.7 Å². The number of carbonyl (C=O) groups is 3. The zero-order chi connectivity index (χ0) is 33.6. The van der Waals surface area contributed by atoms with Gasteiger partial charge in [-0.3, -0.25) is 14.5 Å². The van der Waals surface area contributed by atoms with Crippen LogP contribution in [-0.2, 0) is 20.5 Å². The second kappa shape index (κ2) is 14.6. The molecule has 0 radical (unpaired) electrons. The van der Waals surface area contributed by atoms with Crippen LogP contribution < -0.4 is 10.6 Å². The summed E-state index contributed by atoms with van der Waals surface area (Å²) in [5.74, 6) is -0.877. The molecular formula is C37H36F3N3O4. The van der Waals surface area contributed by atoms with Gasteiger partial charge in [0.1, 0.15) is 12.1 Å². The molecule has 1 fully saturated rings. The Morgan fingerprint density at radius 2 is 1.45 bits per heavy atom. The highest BCUT2D eigenvalue weighted by atomic mass is 19.4. The summed E-state index contributed by atoms with van der Waals surface area (Å²) in [7, 11) is 1.29. The summed E-state index contributed by atoms with van der Waals surface area (Å²) in [5.41, 5.74) is 3.20. The molecule has 5 rings (SSSR count). The van der Waals surface area contributed by atoms with Crippen molar-refractivity contribution < 1.29 is 32.3 Å². The van der Waals surface area contributed by atoms with Crippen molar-refractivity contribution in [3.63, 3.8) is 0 Å². The lowest BCUT2D eigenvalue weighted by atomic mass is 9.88. The normalized spacial score (nSPS) is 15.3. The third-order valence-corrected chi connectivity index (χ3v) is 8.51. The fourth-order valence-corrected chi connectivity index (χ4v) is 5.99. The first-order valence-electron chi connectivity index (χ1n) is 15.4. The summed E-state index contributed by atoms with van der Waals surface area (Å²) in [6.07, 6.45) is -2.81. The Balaban J connectivity index is 1.23. The number of nitrogens with one attached hydrogen (secondary N) is 2. The summed E-state index contributed by atoms with van der Waals surface area (Å²) in [6, 6.07) is 27.4. The van der Waals surface area contributed by atoms with E-state index in [1.54, 1.807) is 31.2 Å². The molecule has 0 bridgehead atoms. The van der Waals surface area contributed by atoms with E-state index in [9.17, 15) is 27.6 Å². The van der Waals surface area contributed by atoms with Crippen LogP contribution in [0.15, 0.2) is 103 Å². The van der Waals surface area contributed by atoms with Crippen LogP contribution in [0, 0.1) is 0 Å². The van der Waals surface area contributed by atoms with Crippen molar-refractivity contribution in [2.24, 2.45) is 0 Å². The van der Waals surface area contributed by atoms with Gasteiger partial charge >= 0.3 is 12.1 Å². The van der Waals surface area contributed by atoms with E-state index in [0.717, 1.165) is 36.1 Å². The SMILES string of the molecule is COC(=O)C(C)NC(=O)C(c1ccccc1)N1CCC(c2ccc(NC(=O)c3ccccc3-c3ccc(C(F)(F)F)cc3)cc2)CC1. The maximum absolute atomic E-state index is 13.4. The molecule has 7 nitrogen and oxygen atoms in total. The lowest BCUT2D eigenvalue weighted by Crippen LogP contribution is -2.48. The first kappa shape index (κ1) is 33.4. The lowest BCUT2D eigenvalue weighted by molar-refractivity contribution is -0.145. The number of nitrogens with zero attached hydrogens (tertiary/aromatic N) is 1.